The second-order valence-electron chi connectivity index (χ2n) is 16.0. The summed E-state index contributed by atoms with van der Waals surface area (Å²) in [5.74, 6) is 0.192. The average Bonchev–Trinajstić information content (AvgIpc) is 4.03. The predicted octanol–water partition coefficient (Wildman–Crippen LogP) is 14.3. The molecule has 0 spiro atoms. The molecule has 0 saturated heterocycles. The van der Waals surface area contributed by atoms with Gasteiger partial charge in [0.05, 0.1) is 22.1 Å². The highest BCUT2D eigenvalue weighted by Crippen LogP contribution is 2.53. The zero-order valence-electron chi connectivity index (χ0n) is 31.7. The lowest BCUT2D eigenvalue weighted by atomic mass is 9.84. The molecule has 9 aromatic carbocycles. The summed E-state index contributed by atoms with van der Waals surface area (Å²) < 4.78 is 4.94. The van der Waals surface area contributed by atoms with Crippen molar-refractivity contribution in [3.05, 3.63) is 228 Å². The number of para-hydroxylation sites is 3. The molecular formula is C56H36N2. The smallest absolute Gasteiger partial charge is 0.0582 e. The maximum Gasteiger partial charge on any atom is 0.0582 e. The average molecular weight is 737 g/mol. The van der Waals surface area contributed by atoms with Crippen molar-refractivity contribution in [2.45, 2.75) is 12.3 Å². The Bertz CT molecular complexity index is 3420. The number of nitrogens with zero attached hydrogens (tertiary/aromatic N) is 2. The number of rotatable bonds is 4. The molecule has 0 N–H and O–H groups in total. The van der Waals surface area contributed by atoms with E-state index in [-0.39, 0.29) is 5.92 Å². The van der Waals surface area contributed by atoms with Crippen LogP contribution in [-0.4, -0.2) is 9.13 Å². The van der Waals surface area contributed by atoms with Crippen molar-refractivity contribution < 1.29 is 0 Å². The first-order valence-electron chi connectivity index (χ1n) is 20.3. The van der Waals surface area contributed by atoms with Gasteiger partial charge in [-0.3, -0.25) is 0 Å². The lowest BCUT2D eigenvalue weighted by molar-refractivity contribution is 1.02. The second-order valence-corrected chi connectivity index (χ2v) is 16.0. The van der Waals surface area contributed by atoms with Crippen molar-refractivity contribution >= 4 is 43.6 Å². The molecule has 11 aromatic rings. The molecule has 0 radical (unpaired) electrons. The lowest BCUT2D eigenvalue weighted by Crippen LogP contribution is -2.01. The molecule has 1 atom stereocenters. The van der Waals surface area contributed by atoms with Crippen LogP contribution in [0.3, 0.4) is 0 Å². The number of benzene rings is 9. The highest BCUT2D eigenvalue weighted by molar-refractivity contribution is 6.14. The molecule has 2 aliphatic rings. The van der Waals surface area contributed by atoms with E-state index in [2.05, 4.69) is 209 Å². The quantitative estimate of drug-likeness (QED) is 0.170. The van der Waals surface area contributed by atoms with Crippen molar-refractivity contribution in [3.63, 3.8) is 0 Å². The van der Waals surface area contributed by atoms with Gasteiger partial charge in [0.1, 0.15) is 0 Å². The first-order chi connectivity index (χ1) is 28.8. The summed E-state index contributed by atoms with van der Waals surface area (Å²) in [6, 6.07) is 74.5. The number of fused-ring (bicyclic) bond motifs is 13. The molecule has 13 rings (SSSR count). The van der Waals surface area contributed by atoms with Crippen LogP contribution < -0.4 is 0 Å². The zero-order chi connectivity index (χ0) is 37.9. The van der Waals surface area contributed by atoms with Crippen LogP contribution in [0.15, 0.2) is 200 Å². The van der Waals surface area contributed by atoms with Gasteiger partial charge in [0, 0.05) is 45.3 Å². The molecule has 0 amide bonds. The van der Waals surface area contributed by atoms with Gasteiger partial charge in [-0.25, -0.2) is 0 Å². The second kappa shape index (κ2) is 12.0. The fraction of sp³-hybridized carbons (Fsp3) is 0.0357. The number of hydrogen-bond acceptors (Lipinski definition) is 0. The summed E-state index contributed by atoms with van der Waals surface area (Å²) in [6.45, 7) is 0. The Labute approximate surface area is 336 Å². The Hall–Kier alpha value is -7.42. The van der Waals surface area contributed by atoms with Gasteiger partial charge in [-0.15, -0.1) is 0 Å². The molecule has 2 nitrogen and oxygen atoms in total. The molecule has 0 aliphatic heterocycles. The SMILES string of the molecule is c1ccc(C2c3ccccc3-c3cccc(-c4ccc5c(c4)-c4ccc6c7cc(-n8c9ccccc9c9ccccc98)ccc7n(-c7ccccc7)c6c4C5)c32)cc1. The third-order valence-corrected chi connectivity index (χ3v) is 13.0. The maximum absolute atomic E-state index is 2.51. The minimum absolute atomic E-state index is 0.192. The summed E-state index contributed by atoms with van der Waals surface area (Å²) in [5, 5.41) is 5.11. The molecule has 0 bridgehead atoms. The third-order valence-electron chi connectivity index (χ3n) is 13.0. The standard InChI is InChI=1S/C56H36N2/c1-3-14-35(15-4-1)54-45-21-8-7-18-41(45)46-23-13-22-40(55(46)54)36-26-27-37-33-50-42(48(37)32-36)29-30-47-49-34-39(28-31-53(49)58(56(47)50)38-16-5-2-6-17-38)57-51-24-11-9-19-43(51)44-20-10-12-25-52(44)57/h1-32,34,54H,33H2. The summed E-state index contributed by atoms with van der Waals surface area (Å²) in [4.78, 5) is 0. The number of hydrogen-bond donors (Lipinski definition) is 0. The van der Waals surface area contributed by atoms with E-state index in [1.54, 1.807) is 0 Å². The van der Waals surface area contributed by atoms with E-state index in [4.69, 9.17) is 0 Å². The molecule has 2 aliphatic carbocycles. The van der Waals surface area contributed by atoms with Crippen molar-refractivity contribution in [1.82, 2.24) is 9.13 Å². The molecule has 1 unspecified atom stereocenters. The molecule has 0 saturated carbocycles. The molecule has 2 aromatic heterocycles. The minimum atomic E-state index is 0.192. The van der Waals surface area contributed by atoms with Crippen molar-refractivity contribution in [1.29, 1.82) is 0 Å². The fourth-order valence-electron chi connectivity index (χ4n) is 10.6. The Morgan fingerprint density at radius 1 is 0.379 bits per heavy atom. The number of aromatic nitrogens is 2. The molecule has 0 fully saturated rings. The summed E-state index contributed by atoms with van der Waals surface area (Å²) in [6.07, 6.45) is 0.899. The van der Waals surface area contributed by atoms with Crippen LogP contribution in [0.5, 0.6) is 0 Å². The van der Waals surface area contributed by atoms with Crippen LogP contribution in [0.2, 0.25) is 0 Å². The van der Waals surface area contributed by atoms with Gasteiger partial charge < -0.3 is 9.13 Å². The maximum atomic E-state index is 2.51. The van der Waals surface area contributed by atoms with Crippen molar-refractivity contribution in [2.75, 3.05) is 0 Å². The molecular weight excluding hydrogens is 701 g/mol. The first-order valence-corrected chi connectivity index (χ1v) is 20.3. The van der Waals surface area contributed by atoms with E-state index in [0.29, 0.717) is 0 Å². The van der Waals surface area contributed by atoms with E-state index in [1.165, 1.54) is 116 Å². The van der Waals surface area contributed by atoms with Gasteiger partial charge in [0.2, 0.25) is 0 Å². The highest BCUT2D eigenvalue weighted by atomic mass is 15.0. The summed E-state index contributed by atoms with van der Waals surface area (Å²) in [7, 11) is 0. The van der Waals surface area contributed by atoms with Crippen molar-refractivity contribution in [3.8, 4) is 44.8 Å². The predicted molar refractivity (Wildman–Crippen MR) is 242 cm³/mol. The van der Waals surface area contributed by atoms with E-state index >= 15 is 0 Å². The normalized spacial score (nSPS) is 14.0. The van der Waals surface area contributed by atoms with Gasteiger partial charge in [-0.05, 0) is 110 Å². The topological polar surface area (TPSA) is 9.86 Å². The molecule has 58 heavy (non-hydrogen) atoms. The van der Waals surface area contributed by atoms with Gasteiger partial charge in [0.25, 0.3) is 0 Å². The third kappa shape index (κ3) is 4.37. The minimum Gasteiger partial charge on any atom is -0.309 e. The van der Waals surface area contributed by atoms with Crippen LogP contribution in [0.1, 0.15) is 33.7 Å². The van der Waals surface area contributed by atoms with Crippen LogP contribution >= 0.6 is 0 Å². The Balaban J connectivity index is 1.01. The van der Waals surface area contributed by atoms with Crippen LogP contribution in [0.4, 0.5) is 0 Å². The highest BCUT2D eigenvalue weighted by Gasteiger charge is 2.33. The fourth-order valence-corrected chi connectivity index (χ4v) is 10.6. The lowest BCUT2D eigenvalue weighted by Gasteiger charge is -2.19. The molecule has 2 heteroatoms. The Morgan fingerprint density at radius 2 is 1.05 bits per heavy atom. The van der Waals surface area contributed by atoms with Crippen LogP contribution in [0.25, 0.3) is 88.4 Å². The summed E-state index contributed by atoms with van der Waals surface area (Å²) >= 11 is 0. The zero-order valence-corrected chi connectivity index (χ0v) is 31.7. The van der Waals surface area contributed by atoms with Gasteiger partial charge >= 0.3 is 0 Å². The first kappa shape index (κ1) is 31.7. The van der Waals surface area contributed by atoms with Crippen LogP contribution in [0, 0.1) is 0 Å². The monoisotopic (exact) mass is 736 g/mol. The molecule has 2 heterocycles. The molecule has 270 valence electrons. The van der Waals surface area contributed by atoms with Crippen LogP contribution in [-0.2, 0) is 6.42 Å². The van der Waals surface area contributed by atoms with Gasteiger partial charge in [-0.1, -0.05) is 152 Å². The van der Waals surface area contributed by atoms with E-state index in [0.717, 1.165) is 6.42 Å². The van der Waals surface area contributed by atoms with Gasteiger partial charge in [-0.2, -0.15) is 0 Å². The van der Waals surface area contributed by atoms with Crippen molar-refractivity contribution in [2.24, 2.45) is 0 Å². The van der Waals surface area contributed by atoms with E-state index < -0.39 is 0 Å². The Morgan fingerprint density at radius 3 is 1.86 bits per heavy atom. The Kier molecular flexibility index (Phi) is 6.59. The van der Waals surface area contributed by atoms with E-state index in [9.17, 15) is 0 Å². The largest absolute Gasteiger partial charge is 0.309 e. The summed E-state index contributed by atoms with van der Waals surface area (Å²) in [5.41, 5.74) is 22.2. The van der Waals surface area contributed by atoms with E-state index in [1.807, 2.05) is 0 Å². The van der Waals surface area contributed by atoms with Gasteiger partial charge in [0.15, 0.2) is 0 Å².